The van der Waals surface area contributed by atoms with Crippen molar-refractivity contribution in [2.45, 2.75) is 192 Å². The van der Waals surface area contributed by atoms with Crippen molar-refractivity contribution in [2.75, 3.05) is 39.3 Å². The number of aliphatic hydroxyl groups is 2. The number of carbonyl (C=O) groups excluding carboxylic acids is 12. The molecule has 26 nitrogen and oxygen atoms in total. The third kappa shape index (κ3) is 27.2. The van der Waals surface area contributed by atoms with Gasteiger partial charge in [-0.15, -0.1) is 0 Å². The van der Waals surface area contributed by atoms with Gasteiger partial charge in [-0.05, 0) is 116 Å². The molecule has 7 amide bonds. The number of amides is 7. The molecule has 0 bridgehead atoms. The van der Waals surface area contributed by atoms with Gasteiger partial charge in [-0.1, -0.05) is 63.9 Å². The van der Waals surface area contributed by atoms with Crippen LogP contribution in [0.2, 0.25) is 0 Å². The maximum absolute atomic E-state index is 14.6. The fourth-order valence-corrected chi connectivity index (χ4v) is 10.0. The van der Waals surface area contributed by atoms with E-state index < -0.39 is 169 Å². The number of aliphatic hydroxyl groups excluding tert-OH is 2. The van der Waals surface area contributed by atoms with E-state index in [-0.39, 0.29) is 109 Å². The largest absolute Gasteiger partial charge is 0.391 e. The molecular weight excluding hydrogens is 1100 g/mol. The highest BCUT2D eigenvalue weighted by Gasteiger charge is 2.38. The van der Waals surface area contributed by atoms with Gasteiger partial charge in [0, 0.05) is 62.3 Å². The predicted octanol–water partition coefficient (Wildman–Crippen LogP) is -1.95. The van der Waals surface area contributed by atoms with Gasteiger partial charge < -0.3 is 76.1 Å². The fourth-order valence-electron chi connectivity index (χ4n) is 10.0. The van der Waals surface area contributed by atoms with E-state index in [1.807, 2.05) is 20.8 Å². The molecule has 0 aliphatic carbocycles. The fraction of sp³-hybridized carbons (Fsp3) is 0.695. The van der Waals surface area contributed by atoms with Crippen molar-refractivity contribution < 1.29 is 67.7 Å². The van der Waals surface area contributed by atoms with Gasteiger partial charge in [0.25, 0.3) is 0 Å². The van der Waals surface area contributed by atoms with Crippen molar-refractivity contribution in [1.29, 1.82) is 0 Å². The zero-order valence-electron chi connectivity index (χ0n) is 50.3. The summed E-state index contributed by atoms with van der Waals surface area (Å²) in [5.41, 5.74) is 30.2. The monoisotopic (exact) mass is 1200 g/mol. The van der Waals surface area contributed by atoms with Crippen LogP contribution in [-0.4, -0.2) is 168 Å². The Morgan fingerprint density at radius 2 is 1.18 bits per heavy atom. The molecule has 0 aromatic heterocycles. The highest BCUT2D eigenvalue weighted by atomic mass is 16.3. The van der Waals surface area contributed by atoms with Crippen LogP contribution < -0.4 is 65.9 Å². The number of nitrogens with two attached hydrogens (primary N) is 5. The summed E-state index contributed by atoms with van der Waals surface area (Å²) in [6, 6.07) is 0.0291. The van der Waals surface area contributed by atoms with Crippen LogP contribution in [0.25, 0.3) is 0 Å². The summed E-state index contributed by atoms with van der Waals surface area (Å²) in [6.07, 6.45) is -3.63. The summed E-state index contributed by atoms with van der Waals surface area (Å²) >= 11 is 0. The van der Waals surface area contributed by atoms with Crippen molar-refractivity contribution in [3.05, 3.63) is 35.9 Å². The molecule has 1 aliphatic heterocycles. The summed E-state index contributed by atoms with van der Waals surface area (Å²) in [4.78, 5) is 167. The number of unbranched alkanes of at least 4 members (excludes halogenated alkanes) is 2. The van der Waals surface area contributed by atoms with Gasteiger partial charge in [0.05, 0.1) is 30.7 Å². The predicted molar refractivity (Wildman–Crippen MR) is 317 cm³/mol. The van der Waals surface area contributed by atoms with Gasteiger partial charge in [0.15, 0.2) is 17.3 Å². The zero-order valence-corrected chi connectivity index (χ0v) is 50.3. The first-order valence-electron chi connectivity index (χ1n) is 30.0. The van der Waals surface area contributed by atoms with Crippen LogP contribution in [-0.2, 0) is 64.0 Å². The number of ketones is 5. The van der Waals surface area contributed by atoms with E-state index in [0.29, 0.717) is 12.0 Å². The van der Waals surface area contributed by atoms with Crippen LogP contribution in [0.1, 0.15) is 143 Å². The van der Waals surface area contributed by atoms with Crippen molar-refractivity contribution in [2.24, 2.45) is 58.3 Å². The highest BCUT2D eigenvalue weighted by Crippen LogP contribution is 2.21. The standard InChI is InChI=1S/C59H98N12O14/c1-6-7-9-14-42(74)33-43(75)29-38(15-21-60)54(80)70-51(35(4)72)50(78)31-40(17-23-62)53(79)68-46-20-26-65-59(85)52(36(5)73)71-55(81)39(16-22-61)30-48(76)44(18-24-63)67-58(84)47(27-34(2)3)69-56(82)41(28-37-12-10-8-11-13-37)32-49(77)45(19-25-64)66-57(46)83/h8,10-13,34-36,38-41,44-47,51-52,72-73H,6-7,9,14-33,60-64H2,1-5H3,(H,65,85)(H,66,83)(H,67,84)(H,68,79)(H,69,82)(H,70,80)(H,71,81)/t35-,36-,38-,39-,40-,41+,44+,45+,46+,47+,51+,52+/m1/s1. The molecule has 2 rings (SSSR count). The lowest BCUT2D eigenvalue weighted by Gasteiger charge is -2.28. The molecule has 0 unspecified atom stereocenters. The molecule has 26 heteroatoms. The molecule has 0 spiro atoms. The minimum absolute atomic E-state index is 0.00133. The van der Waals surface area contributed by atoms with E-state index >= 15 is 0 Å². The van der Waals surface area contributed by atoms with E-state index in [0.717, 1.165) is 12.8 Å². The molecule has 478 valence electrons. The zero-order chi connectivity index (χ0) is 63.8. The Morgan fingerprint density at radius 3 is 1.72 bits per heavy atom. The Labute approximate surface area is 499 Å². The van der Waals surface area contributed by atoms with Crippen molar-refractivity contribution in [3.8, 4) is 0 Å². The molecule has 1 aromatic carbocycles. The molecule has 1 fully saturated rings. The van der Waals surface area contributed by atoms with Crippen LogP contribution in [0, 0.1) is 29.6 Å². The van der Waals surface area contributed by atoms with Crippen molar-refractivity contribution in [3.63, 3.8) is 0 Å². The number of rotatable bonds is 31. The second-order valence-electron chi connectivity index (χ2n) is 22.7. The lowest BCUT2D eigenvalue weighted by Crippen LogP contribution is -2.56. The summed E-state index contributed by atoms with van der Waals surface area (Å²) in [6.45, 7) is 7.14. The molecule has 85 heavy (non-hydrogen) atoms. The molecule has 0 radical (unpaired) electrons. The number of hydrogen-bond acceptors (Lipinski definition) is 19. The van der Waals surface area contributed by atoms with Gasteiger partial charge in [-0.2, -0.15) is 0 Å². The molecular formula is C59H98N12O14. The third-order valence-electron chi connectivity index (χ3n) is 14.8. The normalized spacial score (nSPS) is 22.7. The Bertz CT molecular complexity index is 2360. The molecule has 19 N–H and O–H groups in total. The van der Waals surface area contributed by atoms with Gasteiger partial charge in [-0.3, -0.25) is 57.5 Å². The molecule has 1 aliphatic rings. The second kappa shape index (κ2) is 40.1. The Balaban J connectivity index is 2.69. The summed E-state index contributed by atoms with van der Waals surface area (Å²) in [5.74, 6) is -13.6. The van der Waals surface area contributed by atoms with Crippen LogP contribution >= 0.6 is 0 Å². The number of hydrogen-bond donors (Lipinski definition) is 14. The second-order valence-corrected chi connectivity index (χ2v) is 22.7. The number of Topliss-reactive ketones (excluding diaryl/α,β-unsaturated/α-hetero) is 5. The van der Waals surface area contributed by atoms with Crippen LogP contribution in [0.15, 0.2) is 30.3 Å². The summed E-state index contributed by atoms with van der Waals surface area (Å²) in [7, 11) is 0. The SMILES string of the molecule is CCCCCC(=O)CC(=O)C[C@@H](CCN)C(=O)N[C@H](C(=O)C[C@@H](CCN)C(=O)N[C@H]1CCNC(=O)[C@H]([C@@H](C)O)NC(=O)[C@H](CCN)CC(=O)[C@H](CCN)NC(=O)[C@H](CC(C)C)NC(=O)[C@@H](Cc2ccccc2)CC(=O)[C@H](CCN)NC1=O)[C@@H](C)O. The molecule has 0 saturated carbocycles. The minimum Gasteiger partial charge on any atom is -0.391 e. The Hall–Kier alpha value is -6.42. The van der Waals surface area contributed by atoms with E-state index in [4.69, 9.17) is 28.7 Å². The van der Waals surface area contributed by atoms with E-state index in [2.05, 4.69) is 37.2 Å². The number of benzene rings is 1. The minimum atomic E-state index is -1.64. The van der Waals surface area contributed by atoms with Gasteiger partial charge >= 0.3 is 0 Å². The van der Waals surface area contributed by atoms with Crippen LogP contribution in [0.3, 0.4) is 0 Å². The van der Waals surface area contributed by atoms with E-state index in [1.54, 1.807) is 30.3 Å². The number of nitrogens with one attached hydrogen (secondary N) is 7. The Morgan fingerprint density at radius 1 is 0.624 bits per heavy atom. The van der Waals surface area contributed by atoms with Gasteiger partial charge in [-0.25, -0.2) is 0 Å². The van der Waals surface area contributed by atoms with E-state index in [1.165, 1.54) is 13.8 Å². The third-order valence-corrected chi connectivity index (χ3v) is 14.8. The van der Waals surface area contributed by atoms with Crippen LogP contribution in [0.5, 0.6) is 0 Å². The van der Waals surface area contributed by atoms with Crippen LogP contribution in [0.4, 0.5) is 0 Å². The van der Waals surface area contributed by atoms with Gasteiger partial charge in [0.1, 0.15) is 35.7 Å². The lowest BCUT2D eigenvalue weighted by molar-refractivity contribution is -0.137. The molecule has 1 aromatic rings. The average Bonchev–Trinajstić information content (AvgIpc) is 3.53. The van der Waals surface area contributed by atoms with Gasteiger partial charge in [0.2, 0.25) is 41.4 Å². The first-order valence-corrected chi connectivity index (χ1v) is 30.0. The maximum atomic E-state index is 14.6. The van der Waals surface area contributed by atoms with Crippen molar-refractivity contribution >= 4 is 70.3 Å². The highest BCUT2D eigenvalue weighted by molar-refractivity contribution is 6.02. The first-order chi connectivity index (χ1) is 40.3. The van der Waals surface area contributed by atoms with Crippen molar-refractivity contribution in [1.82, 2.24) is 37.2 Å². The molecule has 12 atom stereocenters. The first kappa shape index (κ1) is 74.7. The smallest absolute Gasteiger partial charge is 0.245 e. The lowest BCUT2D eigenvalue weighted by atomic mass is 9.89. The Kier molecular flexibility index (Phi) is 35.2. The average molecular weight is 1200 g/mol. The topological polar surface area (TPSA) is 460 Å². The van der Waals surface area contributed by atoms with E-state index in [9.17, 15) is 67.7 Å². The quantitative estimate of drug-likeness (QED) is 0.0284. The molecule has 1 heterocycles. The summed E-state index contributed by atoms with van der Waals surface area (Å²) < 4.78 is 0. The maximum Gasteiger partial charge on any atom is 0.245 e. The number of carbonyl (C=O) groups is 12. The summed E-state index contributed by atoms with van der Waals surface area (Å²) in [5, 5.41) is 39.9. The molecule has 1 saturated heterocycles.